The molecule has 0 aliphatic carbocycles. The molecule has 4 rings (SSSR count). The predicted octanol–water partition coefficient (Wildman–Crippen LogP) is 2.23. The lowest BCUT2D eigenvalue weighted by Gasteiger charge is -2.12. The van der Waals surface area contributed by atoms with Gasteiger partial charge in [-0.3, -0.25) is 9.08 Å². The highest BCUT2D eigenvalue weighted by molar-refractivity contribution is 5.79. The Morgan fingerprint density at radius 3 is 2.66 bits per heavy atom. The van der Waals surface area contributed by atoms with E-state index in [1.165, 1.54) is 11.1 Å². The van der Waals surface area contributed by atoms with Crippen molar-refractivity contribution in [1.82, 2.24) is 35.0 Å². The third-order valence-corrected chi connectivity index (χ3v) is 4.56. The van der Waals surface area contributed by atoms with E-state index in [1.807, 2.05) is 57.9 Å². The minimum atomic E-state index is 0.534. The van der Waals surface area contributed by atoms with Gasteiger partial charge in [0.15, 0.2) is 17.4 Å². The van der Waals surface area contributed by atoms with Crippen LogP contribution < -0.4 is 10.6 Å². The highest BCUT2D eigenvalue weighted by atomic mass is 15.3. The number of rotatable bonds is 7. The molecule has 3 heterocycles. The second kappa shape index (κ2) is 9.01. The van der Waals surface area contributed by atoms with E-state index in [-0.39, 0.29) is 0 Å². The Labute approximate surface area is 169 Å². The fourth-order valence-corrected chi connectivity index (χ4v) is 3.11. The molecule has 0 aliphatic heterocycles. The van der Waals surface area contributed by atoms with Crippen LogP contribution in [0, 0.1) is 0 Å². The van der Waals surface area contributed by atoms with Crippen LogP contribution in [0.3, 0.4) is 0 Å². The van der Waals surface area contributed by atoms with E-state index in [9.17, 15) is 0 Å². The first kappa shape index (κ1) is 18.7. The van der Waals surface area contributed by atoms with Crippen molar-refractivity contribution >= 4 is 11.6 Å². The molecule has 0 saturated heterocycles. The molecular weight excluding hydrogens is 364 g/mol. The molecule has 3 aromatic heterocycles. The zero-order valence-corrected chi connectivity index (χ0v) is 16.4. The Morgan fingerprint density at radius 2 is 1.83 bits per heavy atom. The highest BCUT2D eigenvalue weighted by Gasteiger charge is 2.07. The van der Waals surface area contributed by atoms with Crippen LogP contribution in [0.5, 0.6) is 0 Å². The average molecular weight is 388 g/mol. The van der Waals surface area contributed by atoms with Crippen molar-refractivity contribution < 1.29 is 0 Å². The molecule has 8 nitrogen and oxygen atoms in total. The maximum Gasteiger partial charge on any atom is 0.191 e. The van der Waals surface area contributed by atoms with Gasteiger partial charge in [-0.2, -0.15) is 5.10 Å². The number of guanidine groups is 1. The monoisotopic (exact) mass is 388 g/mol. The van der Waals surface area contributed by atoms with Crippen LogP contribution in [0.15, 0.2) is 72.1 Å². The Hall–Kier alpha value is -3.68. The van der Waals surface area contributed by atoms with E-state index in [0.29, 0.717) is 13.1 Å². The van der Waals surface area contributed by atoms with Gasteiger partial charge in [-0.05, 0) is 36.2 Å². The zero-order valence-electron chi connectivity index (χ0n) is 16.4. The largest absolute Gasteiger partial charge is 0.357 e. The highest BCUT2D eigenvalue weighted by Crippen LogP contribution is 2.12. The van der Waals surface area contributed by atoms with Crippen molar-refractivity contribution in [3.8, 4) is 0 Å². The fraction of sp³-hybridized carbons (Fsp3) is 0.238. The number of nitrogens with zero attached hydrogens (tertiary/aromatic N) is 6. The molecular formula is C21H24N8. The molecule has 0 amide bonds. The van der Waals surface area contributed by atoms with Gasteiger partial charge in [0.05, 0.1) is 19.6 Å². The fourth-order valence-electron chi connectivity index (χ4n) is 3.11. The van der Waals surface area contributed by atoms with Crippen molar-refractivity contribution in [3.05, 3.63) is 84.1 Å². The lowest BCUT2D eigenvalue weighted by Crippen LogP contribution is -2.37. The van der Waals surface area contributed by atoms with E-state index in [1.54, 1.807) is 6.20 Å². The molecule has 0 unspecified atom stereocenters. The van der Waals surface area contributed by atoms with E-state index in [0.717, 1.165) is 30.5 Å². The molecule has 0 radical (unpaired) electrons. The minimum Gasteiger partial charge on any atom is -0.357 e. The number of nitrogens with one attached hydrogen (secondary N) is 2. The molecule has 0 fully saturated rings. The molecule has 0 spiro atoms. The number of fused-ring (bicyclic) bond motifs is 1. The normalized spacial score (nSPS) is 11.7. The molecule has 4 aromatic rings. The summed E-state index contributed by atoms with van der Waals surface area (Å²) >= 11 is 0. The van der Waals surface area contributed by atoms with Crippen LogP contribution in [0.1, 0.15) is 23.9 Å². The van der Waals surface area contributed by atoms with Crippen LogP contribution in [-0.4, -0.2) is 36.9 Å². The zero-order chi connectivity index (χ0) is 19.9. The topological polar surface area (TPSA) is 84.4 Å². The molecule has 1 aromatic carbocycles. The van der Waals surface area contributed by atoms with Gasteiger partial charge in [-0.15, -0.1) is 10.2 Å². The number of aliphatic imine (C=N–C) groups is 1. The Balaban J connectivity index is 1.46. The van der Waals surface area contributed by atoms with Gasteiger partial charge in [-0.1, -0.05) is 30.3 Å². The first-order valence-electron chi connectivity index (χ1n) is 9.68. The van der Waals surface area contributed by atoms with Crippen molar-refractivity contribution in [1.29, 1.82) is 0 Å². The maximum atomic E-state index is 4.76. The van der Waals surface area contributed by atoms with E-state index < -0.39 is 0 Å². The molecule has 29 heavy (non-hydrogen) atoms. The summed E-state index contributed by atoms with van der Waals surface area (Å²) in [6.45, 7) is 4.67. The number of pyridine rings is 1. The summed E-state index contributed by atoms with van der Waals surface area (Å²) in [6, 6.07) is 16.1. The first-order valence-corrected chi connectivity index (χ1v) is 9.68. The van der Waals surface area contributed by atoms with Crippen LogP contribution in [0.4, 0.5) is 0 Å². The third-order valence-electron chi connectivity index (χ3n) is 4.56. The molecule has 0 aliphatic rings. The number of benzene rings is 1. The Bertz CT molecular complexity index is 1080. The number of hydrogen-bond donors (Lipinski definition) is 2. The van der Waals surface area contributed by atoms with E-state index >= 15 is 0 Å². The van der Waals surface area contributed by atoms with Gasteiger partial charge >= 0.3 is 0 Å². The maximum absolute atomic E-state index is 4.76. The third kappa shape index (κ3) is 4.60. The summed E-state index contributed by atoms with van der Waals surface area (Å²) in [5.74, 6) is 1.58. The molecule has 8 heteroatoms. The van der Waals surface area contributed by atoms with E-state index in [4.69, 9.17) is 4.99 Å². The molecule has 0 bridgehead atoms. The predicted molar refractivity (Wildman–Crippen MR) is 112 cm³/mol. The summed E-state index contributed by atoms with van der Waals surface area (Å²) in [7, 11) is 0. The molecule has 0 saturated carbocycles. The standard InChI is InChI=1S/C21H24N8/c1-2-22-21(24-15-20-27-26-19-10-5-6-13-29(19)20)23-14-17-8-3-4-9-18(17)16-28-12-7-11-25-28/h3-13H,2,14-16H2,1H3,(H2,22,23,24). The lowest BCUT2D eigenvalue weighted by atomic mass is 10.1. The molecule has 2 N–H and O–H groups in total. The quantitative estimate of drug-likeness (QED) is 0.375. The van der Waals surface area contributed by atoms with Gasteiger partial charge in [0, 0.05) is 25.1 Å². The van der Waals surface area contributed by atoms with Crippen molar-refractivity contribution in [2.45, 2.75) is 26.6 Å². The molecule has 148 valence electrons. The summed E-state index contributed by atoms with van der Waals surface area (Å²) in [5.41, 5.74) is 3.21. The smallest absolute Gasteiger partial charge is 0.191 e. The van der Waals surface area contributed by atoms with Crippen molar-refractivity contribution in [3.63, 3.8) is 0 Å². The Morgan fingerprint density at radius 1 is 0.966 bits per heavy atom. The van der Waals surface area contributed by atoms with Gasteiger partial charge < -0.3 is 10.6 Å². The van der Waals surface area contributed by atoms with Gasteiger partial charge in [-0.25, -0.2) is 4.99 Å². The lowest BCUT2D eigenvalue weighted by molar-refractivity contribution is 0.680. The van der Waals surface area contributed by atoms with Crippen molar-refractivity contribution in [2.24, 2.45) is 4.99 Å². The van der Waals surface area contributed by atoms with Crippen molar-refractivity contribution in [2.75, 3.05) is 6.54 Å². The Kier molecular flexibility index (Phi) is 5.80. The minimum absolute atomic E-state index is 0.534. The average Bonchev–Trinajstić information content (AvgIpc) is 3.41. The number of aromatic nitrogens is 5. The van der Waals surface area contributed by atoms with Crippen LogP contribution in [-0.2, 0) is 19.6 Å². The van der Waals surface area contributed by atoms with Gasteiger partial charge in [0.25, 0.3) is 0 Å². The van der Waals surface area contributed by atoms with Gasteiger partial charge in [0.1, 0.15) is 0 Å². The summed E-state index contributed by atoms with van der Waals surface area (Å²) in [5, 5.41) is 19.4. The second-order valence-corrected chi connectivity index (χ2v) is 6.57. The van der Waals surface area contributed by atoms with E-state index in [2.05, 4.69) is 45.0 Å². The second-order valence-electron chi connectivity index (χ2n) is 6.57. The SMILES string of the molecule is CCNC(=NCc1ccccc1Cn1cccn1)NCc1nnc2ccccn12. The number of hydrogen-bond acceptors (Lipinski definition) is 4. The van der Waals surface area contributed by atoms with Crippen LogP contribution in [0.25, 0.3) is 5.65 Å². The summed E-state index contributed by atoms with van der Waals surface area (Å²) < 4.78 is 3.89. The molecule has 0 atom stereocenters. The summed E-state index contributed by atoms with van der Waals surface area (Å²) in [4.78, 5) is 4.76. The van der Waals surface area contributed by atoms with Gasteiger partial charge in [0.2, 0.25) is 0 Å². The first-order chi connectivity index (χ1) is 14.3. The van der Waals surface area contributed by atoms with Crippen LogP contribution >= 0.6 is 0 Å². The summed E-state index contributed by atoms with van der Waals surface area (Å²) in [6.07, 6.45) is 5.72. The van der Waals surface area contributed by atoms with Crippen LogP contribution in [0.2, 0.25) is 0 Å².